The van der Waals surface area contributed by atoms with Gasteiger partial charge in [0.25, 0.3) is 0 Å². The van der Waals surface area contributed by atoms with Crippen molar-refractivity contribution < 1.29 is 2.97 Å². The van der Waals surface area contributed by atoms with Crippen LogP contribution in [0.3, 0.4) is 0 Å². The molecule has 91 valence electrons. The monoisotopic (exact) mass is 277 g/mol. The second kappa shape index (κ2) is 9.91. The van der Waals surface area contributed by atoms with E-state index in [-0.39, 0.29) is 19.8 Å². The number of nitrogens with zero attached hydrogens (tertiary/aromatic N) is 3. The van der Waals surface area contributed by atoms with Gasteiger partial charge < -0.3 is 14.7 Å². The van der Waals surface area contributed by atoms with Crippen molar-refractivity contribution in [3.05, 3.63) is 0 Å². The Hall–Kier alpha value is -0.624. The molecule has 0 aromatic carbocycles. The second-order valence-electron chi connectivity index (χ2n) is 3.59. The zero-order valence-corrected chi connectivity index (χ0v) is 15.5. The van der Waals surface area contributed by atoms with Crippen LogP contribution in [0.4, 0.5) is 0 Å². The van der Waals surface area contributed by atoms with Gasteiger partial charge >= 0.3 is 19.8 Å². The molecule has 0 unspecified atom stereocenters. The fourth-order valence-electron chi connectivity index (χ4n) is 0.400. The number of hydrogen-bond donors (Lipinski definition) is 2. The SMILES string of the molecule is CC(=N)N(C)C.CN(C)C(=N)N(C)C.[2H][3H].[GaH2]. The molecule has 0 saturated carbocycles. The topological polar surface area (TPSA) is 57.4 Å². The van der Waals surface area contributed by atoms with E-state index in [9.17, 15) is 0 Å². The van der Waals surface area contributed by atoms with Gasteiger partial charge in [-0.2, -0.15) is 0 Å². The van der Waals surface area contributed by atoms with Crippen molar-refractivity contribution in [2.45, 2.75) is 6.92 Å². The summed E-state index contributed by atoms with van der Waals surface area (Å²) in [5, 5.41) is 14.1. The Kier molecular flexibility index (Phi) is 11.1. The third kappa shape index (κ3) is 13.4. The maximum atomic E-state index is 7.25. The van der Waals surface area contributed by atoms with Crippen LogP contribution in [0.1, 0.15) is 9.89 Å². The molecule has 0 aliphatic carbocycles. The van der Waals surface area contributed by atoms with Gasteiger partial charge in [0.15, 0.2) is 5.96 Å². The van der Waals surface area contributed by atoms with E-state index in [0.29, 0.717) is 11.8 Å². The number of guanidine groups is 1. The van der Waals surface area contributed by atoms with Crippen molar-refractivity contribution in [2.75, 3.05) is 42.3 Å². The Balaban J connectivity index is -0.0000000844. The first-order valence-electron chi connectivity index (χ1n) is 5.35. The number of hydrogen-bond acceptors (Lipinski definition) is 2. The van der Waals surface area contributed by atoms with E-state index in [4.69, 9.17) is 13.8 Å². The second-order valence-corrected chi connectivity index (χ2v) is 3.59. The molecule has 2 N–H and O–H groups in total. The van der Waals surface area contributed by atoms with E-state index >= 15 is 0 Å². The van der Waals surface area contributed by atoms with E-state index in [0.717, 1.165) is 0 Å². The summed E-state index contributed by atoms with van der Waals surface area (Å²) in [6, 6.07) is 0. The van der Waals surface area contributed by atoms with Crippen LogP contribution in [0.2, 0.25) is 0 Å². The molecular weight excluding hydrogens is 248 g/mol. The van der Waals surface area contributed by atoms with Crippen LogP contribution in [0.25, 0.3) is 0 Å². The van der Waals surface area contributed by atoms with E-state index in [1.54, 1.807) is 21.6 Å². The fourth-order valence-corrected chi connectivity index (χ4v) is 0.400. The van der Waals surface area contributed by atoms with Crippen molar-refractivity contribution >= 4 is 31.6 Å². The summed E-state index contributed by atoms with van der Waals surface area (Å²) in [5.41, 5.74) is 0. The van der Waals surface area contributed by atoms with E-state index in [2.05, 4.69) is 0 Å². The zero-order valence-electron chi connectivity index (χ0n) is 13.3. The van der Waals surface area contributed by atoms with Crippen molar-refractivity contribution in [1.82, 2.24) is 14.7 Å². The molecule has 15 heavy (non-hydrogen) atoms. The number of nitrogens with one attached hydrogen (secondary N) is 2. The molecule has 0 atom stereocenters. The average molecular weight is 278 g/mol. The van der Waals surface area contributed by atoms with Crippen LogP contribution in [0.5, 0.6) is 0 Å². The van der Waals surface area contributed by atoms with Crippen LogP contribution >= 0.6 is 0 Å². The number of rotatable bonds is 0. The number of amidine groups is 1. The van der Waals surface area contributed by atoms with Gasteiger partial charge in [-0.25, -0.2) is 0 Å². The first-order valence-corrected chi connectivity index (χ1v) is 4.35. The van der Waals surface area contributed by atoms with Gasteiger partial charge in [-0.3, -0.25) is 10.8 Å². The summed E-state index contributed by atoms with van der Waals surface area (Å²) in [6.07, 6.45) is 0. The molecule has 0 amide bonds. The average Bonchev–Trinajstić information content (AvgIpc) is 2.20. The molecule has 0 rings (SSSR count). The third-order valence-corrected chi connectivity index (χ3v) is 1.52. The van der Waals surface area contributed by atoms with Gasteiger partial charge in [0.2, 0.25) is 0 Å². The Morgan fingerprint density at radius 1 is 0.933 bits per heavy atom. The molecule has 0 saturated heterocycles. The molecule has 1 radical (unpaired) electrons. The van der Waals surface area contributed by atoms with Crippen molar-refractivity contribution in [2.24, 2.45) is 0 Å². The van der Waals surface area contributed by atoms with Gasteiger partial charge in [0.1, 0.15) is 0 Å². The molecule has 0 aliphatic rings. The van der Waals surface area contributed by atoms with Crippen LogP contribution in [0, 0.1) is 10.8 Å². The first-order chi connectivity index (χ1) is 7.20. The van der Waals surface area contributed by atoms with E-state index in [1.165, 1.54) is 0 Å². The normalized spacial score (nSPS) is 8.20. The summed E-state index contributed by atoms with van der Waals surface area (Å²) < 4.78 is 10.0. The Bertz CT molecular complexity index is 188. The molecule has 0 aliphatic heterocycles. The minimum atomic E-state index is 0. The van der Waals surface area contributed by atoms with Gasteiger partial charge in [-0.05, 0) is 6.92 Å². The molecular formula is C9H27GaN5. The Morgan fingerprint density at radius 2 is 1.13 bits per heavy atom. The van der Waals surface area contributed by atoms with Crippen LogP contribution in [0.15, 0.2) is 0 Å². The fraction of sp³-hybridized carbons (Fsp3) is 0.778. The van der Waals surface area contributed by atoms with Crippen molar-refractivity contribution in [3.8, 4) is 0 Å². The molecule has 0 fully saturated rings. The van der Waals surface area contributed by atoms with Crippen LogP contribution < -0.4 is 0 Å². The summed E-state index contributed by atoms with van der Waals surface area (Å²) >= 11 is 0. The molecule has 0 aromatic rings. The summed E-state index contributed by atoms with van der Waals surface area (Å²) in [7, 11) is 11.1. The minimum absolute atomic E-state index is 0. The van der Waals surface area contributed by atoms with Crippen LogP contribution in [-0.2, 0) is 0 Å². The molecule has 0 heterocycles. The van der Waals surface area contributed by atoms with Gasteiger partial charge in [-0.15, -0.1) is 0 Å². The Morgan fingerprint density at radius 3 is 1.13 bits per heavy atom. The van der Waals surface area contributed by atoms with Gasteiger partial charge in [0, 0.05) is 45.3 Å². The molecule has 0 aromatic heterocycles. The third-order valence-electron chi connectivity index (χ3n) is 1.52. The summed E-state index contributed by atoms with van der Waals surface area (Å²) in [4.78, 5) is 5.25. The quantitative estimate of drug-likeness (QED) is 0.370. The molecule has 6 heteroatoms. The van der Waals surface area contributed by atoms with Gasteiger partial charge in [-0.1, -0.05) is 0 Å². The molecule has 5 nitrogen and oxygen atoms in total. The van der Waals surface area contributed by atoms with Crippen molar-refractivity contribution in [1.29, 1.82) is 10.8 Å². The zero-order chi connectivity index (χ0) is 13.9. The van der Waals surface area contributed by atoms with E-state index < -0.39 is 0 Å². The van der Waals surface area contributed by atoms with Gasteiger partial charge in [0.05, 0.1) is 5.84 Å². The van der Waals surface area contributed by atoms with Crippen LogP contribution in [-0.4, -0.2) is 88.6 Å². The summed E-state index contributed by atoms with van der Waals surface area (Å²) in [5.74, 6) is 1.11. The first kappa shape index (κ1) is 16.8. The standard InChI is InChI=1S/C5H13N3.C4H10N2.Ga.H2.2H/c1-7(2)5(6)8(3)4;1-4(5)6(2)3;;;;/h6H,1-4H3;5H,1-3H3;;1H;;/i;;;1+2D;;. The maximum absolute atomic E-state index is 7.25. The predicted octanol–water partition coefficient (Wildman–Crippen LogP) is -0.0807. The molecule has 0 spiro atoms. The predicted molar refractivity (Wildman–Crippen MR) is 72.8 cm³/mol. The molecule has 0 bridgehead atoms. The Labute approximate surface area is 110 Å². The summed E-state index contributed by atoms with van der Waals surface area (Å²) in [6.45, 7) is 1.75. The van der Waals surface area contributed by atoms with Crippen molar-refractivity contribution in [3.63, 3.8) is 0 Å². The van der Waals surface area contributed by atoms with E-state index in [1.807, 2.05) is 42.3 Å².